The Morgan fingerprint density at radius 3 is 2.43 bits per heavy atom. The Balaban J connectivity index is 1.97. The average molecular weight is 330 g/mol. The summed E-state index contributed by atoms with van der Waals surface area (Å²) in [6.45, 7) is 8.14. The molecule has 0 radical (unpaired) electrons. The van der Waals surface area contributed by atoms with Crippen molar-refractivity contribution < 1.29 is 13.7 Å². The fourth-order valence-corrected chi connectivity index (χ4v) is 3.13. The summed E-state index contributed by atoms with van der Waals surface area (Å²) in [6.07, 6.45) is 3.46. The van der Waals surface area contributed by atoms with Crippen LogP contribution in [0.1, 0.15) is 27.7 Å². The van der Waals surface area contributed by atoms with E-state index in [1.807, 2.05) is 45.9 Å². The van der Waals surface area contributed by atoms with Gasteiger partial charge in [-0.25, -0.2) is 0 Å². The Morgan fingerprint density at radius 1 is 1.04 bits per heavy atom. The predicted octanol–water partition coefficient (Wildman–Crippen LogP) is 3.93. The monoisotopic (exact) mass is 329 g/mol. The van der Waals surface area contributed by atoms with Crippen molar-refractivity contribution in [2.75, 3.05) is 0 Å². The summed E-state index contributed by atoms with van der Waals surface area (Å²) in [4.78, 5) is 4.11. The molecule has 0 amide bonds. The number of hydrogen-bond acceptors (Lipinski definition) is 4. The quantitative estimate of drug-likeness (QED) is 0.634. The van der Waals surface area contributed by atoms with Crippen LogP contribution in [0.4, 0.5) is 0 Å². The number of aromatic nitrogens is 1. The lowest BCUT2D eigenvalue weighted by Gasteiger charge is -2.32. The molecule has 118 valence electrons. The van der Waals surface area contributed by atoms with Gasteiger partial charge in [-0.1, -0.05) is 11.6 Å². The highest BCUT2D eigenvalue weighted by atomic mass is 35.5. The number of pyridine rings is 1. The number of rotatable bonds is 1. The molecule has 1 fully saturated rings. The van der Waals surface area contributed by atoms with Gasteiger partial charge in [-0.15, -0.1) is 0 Å². The number of benzene rings is 1. The van der Waals surface area contributed by atoms with E-state index >= 15 is 0 Å². The predicted molar refractivity (Wildman–Crippen MR) is 92.2 cm³/mol. The van der Waals surface area contributed by atoms with E-state index in [4.69, 9.17) is 25.3 Å². The molecular weight excluding hydrogens is 312 g/mol. The van der Waals surface area contributed by atoms with Crippen molar-refractivity contribution in [3.05, 3.63) is 35.6 Å². The van der Waals surface area contributed by atoms with E-state index in [2.05, 4.69) is 4.98 Å². The maximum atomic E-state index is 6.29. The van der Waals surface area contributed by atoms with Crippen LogP contribution in [0.2, 0.25) is 5.02 Å². The molecule has 0 bridgehead atoms. The van der Waals surface area contributed by atoms with Gasteiger partial charge < -0.3 is 13.7 Å². The van der Waals surface area contributed by atoms with Gasteiger partial charge in [-0.2, -0.15) is 0 Å². The molecule has 1 saturated heterocycles. The Labute approximate surface area is 139 Å². The molecule has 4 nitrogen and oxygen atoms in total. The van der Waals surface area contributed by atoms with Crippen LogP contribution in [-0.4, -0.2) is 23.3 Å². The van der Waals surface area contributed by atoms with Gasteiger partial charge >= 0.3 is 7.12 Å². The third kappa shape index (κ3) is 2.18. The Kier molecular flexibility index (Phi) is 3.08. The molecule has 1 aliphatic rings. The van der Waals surface area contributed by atoms with Gasteiger partial charge in [0.05, 0.1) is 17.4 Å². The lowest BCUT2D eigenvalue weighted by Crippen LogP contribution is -2.41. The third-order valence-corrected chi connectivity index (χ3v) is 5.10. The smallest absolute Gasteiger partial charge is 0.454 e. The van der Waals surface area contributed by atoms with E-state index < -0.39 is 18.3 Å². The zero-order valence-corrected chi connectivity index (χ0v) is 14.3. The van der Waals surface area contributed by atoms with E-state index in [9.17, 15) is 0 Å². The molecule has 3 aromatic rings. The second kappa shape index (κ2) is 4.73. The second-order valence-corrected chi connectivity index (χ2v) is 7.37. The summed E-state index contributed by atoms with van der Waals surface area (Å²) in [7, 11) is -0.491. The molecule has 6 heteroatoms. The van der Waals surface area contributed by atoms with E-state index in [0.717, 1.165) is 21.8 Å². The number of furan rings is 1. The molecular formula is C17H17BClNO3. The first-order chi connectivity index (χ1) is 10.8. The summed E-state index contributed by atoms with van der Waals surface area (Å²) in [6, 6.07) is 5.64. The Hall–Kier alpha value is -1.56. The van der Waals surface area contributed by atoms with Crippen LogP contribution in [0.15, 0.2) is 35.0 Å². The van der Waals surface area contributed by atoms with Crippen LogP contribution in [0.3, 0.4) is 0 Å². The molecule has 0 aliphatic carbocycles. The van der Waals surface area contributed by atoms with Crippen LogP contribution in [-0.2, 0) is 9.31 Å². The van der Waals surface area contributed by atoms with Crippen molar-refractivity contribution in [3.8, 4) is 0 Å². The molecule has 0 atom stereocenters. The first kappa shape index (κ1) is 15.0. The molecule has 0 spiro atoms. The third-order valence-electron chi connectivity index (χ3n) is 4.88. The van der Waals surface area contributed by atoms with Gasteiger partial charge in [0.2, 0.25) is 0 Å². The molecule has 3 heterocycles. The fourth-order valence-electron chi connectivity index (χ4n) is 2.91. The standard InChI is InChI=1S/C17H17BClNO3/c1-16(2)17(3,4)23-18(22-16)12-7-10(19)8-13-15(12)11-5-6-20-9-14(11)21-13/h5-9H,1-4H3. The maximum Gasteiger partial charge on any atom is 0.495 e. The van der Waals surface area contributed by atoms with Crippen molar-refractivity contribution in [1.29, 1.82) is 0 Å². The first-order valence-electron chi connectivity index (χ1n) is 7.60. The molecule has 1 aromatic carbocycles. The molecule has 23 heavy (non-hydrogen) atoms. The highest BCUT2D eigenvalue weighted by Gasteiger charge is 2.52. The normalized spacial score (nSPS) is 19.8. The van der Waals surface area contributed by atoms with Crippen molar-refractivity contribution in [2.45, 2.75) is 38.9 Å². The van der Waals surface area contributed by atoms with Gasteiger partial charge in [0.15, 0.2) is 5.58 Å². The average Bonchev–Trinajstić information content (AvgIpc) is 2.92. The van der Waals surface area contributed by atoms with Crippen LogP contribution in [0, 0.1) is 0 Å². The van der Waals surface area contributed by atoms with Crippen molar-refractivity contribution in [2.24, 2.45) is 0 Å². The van der Waals surface area contributed by atoms with Crippen molar-refractivity contribution in [1.82, 2.24) is 4.98 Å². The minimum absolute atomic E-state index is 0.409. The van der Waals surface area contributed by atoms with Crippen LogP contribution < -0.4 is 5.46 Å². The molecule has 1 aliphatic heterocycles. The van der Waals surface area contributed by atoms with Crippen LogP contribution in [0.5, 0.6) is 0 Å². The number of nitrogens with zero attached hydrogens (tertiary/aromatic N) is 1. The molecule has 0 saturated carbocycles. The summed E-state index contributed by atoms with van der Waals surface area (Å²) in [5, 5.41) is 2.54. The van der Waals surface area contributed by atoms with Crippen LogP contribution >= 0.6 is 11.6 Å². The minimum atomic E-state index is -0.491. The Morgan fingerprint density at radius 2 is 1.74 bits per heavy atom. The first-order valence-corrected chi connectivity index (χ1v) is 7.98. The highest BCUT2D eigenvalue weighted by Crippen LogP contribution is 2.38. The minimum Gasteiger partial charge on any atom is -0.454 e. The summed E-state index contributed by atoms with van der Waals surface area (Å²) >= 11 is 6.29. The zero-order chi connectivity index (χ0) is 16.4. The van der Waals surface area contributed by atoms with E-state index in [1.54, 1.807) is 12.4 Å². The number of halogens is 1. The topological polar surface area (TPSA) is 44.5 Å². The van der Waals surface area contributed by atoms with Gasteiger partial charge in [-0.05, 0) is 45.3 Å². The fraction of sp³-hybridized carbons (Fsp3) is 0.353. The van der Waals surface area contributed by atoms with Crippen molar-refractivity contribution in [3.63, 3.8) is 0 Å². The molecule has 0 unspecified atom stereocenters. The maximum absolute atomic E-state index is 6.29. The second-order valence-electron chi connectivity index (χ2n) is 6.93. The van der Waals surface area contributed by atoms with Gasteiger partial charge in [0, 0.05) is 28.1 Å². The van der Waals surface area contributed by atoms with Crippen molar-refractivity contribution >= 4 is 46.1 Å². The molecule has 0 N–H and O–H groups in total. The number of fused-ring (bicyclic) bond motifs is 3. The summed E-state index contributed by atoms with van der Waals surface area (Å²) < 4.78 is 18.3. The lowest BCUT2D eigenvalue weighted by molar-refractivity contribution is 0.00578. The van der Waals surface area contributed by atoms with E-state index in [-0.39, 0.29) is 0 Å². The Bertz CT molecular complexity index is 903. The summed E-state index contributed by atoms with van der Waals surface area (Å²) in [5.41, 5.74) is 1.50. The highest BCUT2D eigenvalue weighted by molar-refractivity contribution is 6.66. The molecule has 2 aromatic heterocycles. The van der Waals surface area contributed by atoms with E-state index in [1.165, 1.54) is 0 Å². The van der Waals surface area contributed by atoms with Gasteiger partial charge in [-0.3, -0.25) is 4.98 Å². The molecule has 4 rings (SSSR count). The summed E-state index contributed by atoms with van der Waals surface area (Å²) in [5.74, 6) is 0. The lowest BCUT2D eigenvalue weighted by atomic mass is 9.76. The van der Waals surface area contributed by atoms with Gasteiger partial charge in [0.1, 0.15) is 5.58 Å². The van der Waals surface area contributed by atoms with Gasteiger partial charge in [0.25, 0.3) is 0 Å². The number of hydrogen-bond donors (Lipinski definition) is 0. The van der Waals surface area contributed by atoms with E-state index in [0.29, 0.717) is 10.6 Å². The van der Waals surface area contributed by atoms with Crippen LogP contribution in [0.25, 0.3) is 21.9 Å². The SMILES string of the molecule is CC1(C)OB(c2cc(Cl)cc3oc4cnccc4c23)OC1(C)C. The largest absolute Gasteiger partial charge is 0.495 e. The zero-order valence-electron chi connectivity index (χ0n) is 13.5.